The Kier molecular flexibility index (Phi) is 2.45. The number of rotatable bonds is 4. The zero-order chi connectivity index (χ0) is 12.8. The zero-order valence-electron chi connectivity index (χ0n) is 11.1. The molecule has 2 aliphatic rings. The summed E-state index contributed by atoms with van der Waals surface area (Å²) in [7, 11) is 2.22. The number of aromatic nitrogens is 1. The van der Waals surface area contributed by atoms with E-state index in [2.05, 4.69) is 29.2 Å². The van der Waals surface area contributed by atoms with Crippen LogP contribution in [0.25, 0.3) is 10.9 Å². The van der Waals surface area contributed by atoms with Gasteiger partial charge in [-0.05, 0) is 37.9 Å². The van der Waals surface area contributed by atoms with Crippen molar-refractivity contribution in [1.29, 1.82) is 0 Å². The van der Waals surface area contributed by atoms with E-state index in [0.717, 1.165) is 36.0 Å². The maximum Gasteiger partial charge on any atom is 0.231 e. The topological polar surface area (TPSA) is 37.5 Å². The summed E-state index contributed by atoms with van der Waals surface area (Å²) < 4.78 is 10.9. The van der Waals surface area contributed by atoms with Gasteiger partial charge in [0.05, 0.1) is 0 Å². The second-order valence-electron chi connectivity index (χ2n) is 5.53. The zero-order valence-corrected chi connectivity index (χ0v) is 11.1. The molecule has 1 aromatic carbocycles. The Morgan fingerprint density at radius 1 is 1.26 bits per heavy atom. The van der Waals surface area contributed by atoms with E-state index >= 15 is 0 Å². The Labute approximate surface area is 112 Å². The quantitative estimate of drug-likeness (QED) is 0.915. The van der Waals surface area contributed by atoms with E-state index in [-0.39, 0.29) is 0 Å². The highest BCUT2D eigenvalue weighted by molar-refractivity contribution is 5.86. The fourth-order valence-corrected chi connectivity index (χ4v) is 2.77. The largest absolute Gasteiger partial charge is 0.454 e. The number of nitrogens with one attached hydrogen (secondary N) is 1. The molecule has 1 saturated carbocycles. The standard InChI is InChI=1S/C15H18N2O2/c1-17(11-2-3-11)5-4-10-8-16-13-7-15-14(6-12(10)13)18-9-19-15/h6-8,11,16H,2-5,9H2,1H3. The van der Waals surface area contributed by atoms with Crippen molar-refractivity contribution in [3.63, 3.8) is 0 Å². The van der Waals surface area contributed by atoms with Crippen molar-refractivity contribution >= 4 is 10.9 Å². The van der Waals surface area contributed by atoms with Crippen LogP contribution >= 0.6 is 0 Å². The van der Waals surface area contributed by atoms with Crippen LogP contribution in [-0.4, -0.2) is 36.3 Å². The van der Waals surface area contributed by atoms with Crippen molar-refractivity contribution in [3.05, 3.63) is 23.9 Å². The molecular weight excluding hydrogens is 240 g/mol. The molecule has 4 nitrogen and oxygen atoms in total. The Balaban J connectivity index is 1.59. The minimum Gasteiger partial charge on any atom is -0.454 e. The molecule has 0 atom stereocenters. The van der Waals surface area contributed by atoms with E-state index in [1.807, 2.05) is 6.07 Å². The van der Waals surface area contributed by atoms with Gasteiger partial charge in [0.1, 0.15) is 0 Å². The van der Waals surface area contributed by atoms with Crippen molar-refractivity contribution in [1.82, 2.24) is 9.88 Å². The van der Waals surface area contributed by atoms with Crippen LogP contribution in [0.1, 0.15) is 18.4 Å². The Hall–Kier alpha value is -1.68. The molecule has 100 valence electrons. The molecule has 0 saturated heterocycles. The molecule has 1 N–H and O–H groups in total. The molecule has 0 spiro atoms. The highest BCUT2D eigenvalue weighted by Crippen LogP contribution is 2.37. The lowest BCUT2D eigenvalue weighted by molar-refractivity contribution is 0.174. The van der Waals surface area contributed by atoms with Gasteiger partial charge in [-0.2, -0.15) is 0 Å². The van der Waals surface area contributed by atoms with E-state index in [4.69, 9.17) is 9.47 Å². The van der Waals surface area contributed by atoms with Crippen LogP contribution in [0.2, 0.25) is 0 Å². The molecule has 2 heterocycles. The monoisotopic (exact) mass is 258 g/mol. The molecule has 4 heteroatoms. The summed E-state index contributed by atoms with van der Waals surface area (Å²) in [6.07, 6.45) is 5.92. The predicted molar refractivity (Wildman–Crippen MR) is 73.8 cm³/mol. The van der Waals surface area contributed by atoms with Gasteiger partial charge in [0.2, 0.25) is 6.79 Å². The van der Waals surface area contributed by atoms with Gasteiger partial charge >= 0.3 is 0 Å². The summed E-state index contributed by atoms with van der Waals surface area (Å²) in [6.45, 7) is 1.45. The van der Waals surface area contributed by atoms with Crippen LogP contribution in [0.3, 0.4) is 0 Å². The first-order valence-corrected chi connectivity index (χ1v) is 6.91. The highest BCUT2D eigenvalue weighted by Gasteiger charge is 2.25. The molecular formula is C15H18N2O2. The third-order valence-corrected chi connectivity index (χ3v) is 4.16. The third-order valence-electron chi connectivity index (χ3n) is 4.16. The van der Waals surface area contributed by atoms with Gasteiger partial charge in [0, 0.05) is 35.8 Å². The Morgan fingerprint density at radius 3 is 2.84 bits per heavy atom. The smallest absolute Gasteiger partial charge is 0.231 e. The molecule has 19 heavy (non-hydrogen) atoms. The summed E-state index contributed by atoms with van der Waals surface area (Å²) in [5.41, 5.74) is 2.49. The Morgan fingerprint density at radius 2 is 2.05 bits per heavy atom. The van der Waals surface area contributed by atoms with Crippen molar-refractivity contribution < 1.29 is 9.47 Å². The van der Waals surface area contributed by atoms with Gasteiger partial charge in [-0.25, -0.2) is 0 Å². The van der Waals surface area contributed by atoms with Crippen LogP contribution in [0, 0.1) is 0 Å². The van der Waals surface area contributed by atoms with Crippen molar-refractivity contribution in [3.8, 4) is 11.5 Å². The maximum absolute atomic E-state index is 5.46. The minimum absolute atomic E-state index is 0.335. The van der Waals surface area contributed by atoms with E-state index in [1.165, 1.54) is 23.8 Å². The van der Waals surface area contributed by atoms with Gasteiger partial charge in [-0.15, -0.1) is 0 Å². The SMILES string of the molecule is CN(CCc1c[nH]c2cc3c(cc12)OCO3)C1CC1. The molecule has 1 aliphatic carbocycles. The van der Waals surface area contributed by atoms with E-state index < -0.39 is 0 Å². The minimum atomic E-state index is 0.335. The number of hydrogen-bond acceptors (Lipinski definition) is 3. The number of benzene rings is 1. The molecule has 0 bridgehead atoms. The average Bonchev–Trinajstić information content (AvgIpc) is 3.05. The lowest BCUT2D eigenvalue weighted by Gasteiger charge is -2.14. The highest BCUT2D eigenvalue weighted by atomic mass is 16.7. The van der Waals surface area contributed by atoms with Crippen molar-refractivity contribution in [2.24, 2.45) is 0 Å². The van der Waals surface area contributed by atoms with Crippen LogP contribution in [0.4, 0.5) is 0 Å². The predicted octanol–water partition coefficient (Wildman–Crippen LogP) is 2.53. The number of H-pyrrole nitrogens is 1. The fraction of sp³-hybridized carbons (Fsp3) is 0.467. The molecule has 2 aromatic rings. The Bertz CT molecular complexity index is 616. The molecule has 1 fully saturated rings. The van der Waals surface area contributed by atoms with Gasteiger partial charge < -0.3 is 19.4 Å². The second-order valence-corrected chi connectivity index (χ2v) is 5.53. The first-order valence-electron chi connectivity index (χ1n) is 6.91. The van der Waals surface area contributed by atoms with Gasteiger partial charge in [-0.3, -0.25) is 0 Å². The maximum atomic E-state index is 5.46. The van der Waals surface area contributed by atoms with E-state index in [1.54, 1.807) is 0 Å². The summed E-state index contributed by atoms with van der Waals surface area (Å²) in [5, 5.41) is 1.26. The molecule has 0 radical (unpaired) electrons. The molecule has 0 amide bonds. The first-order chi connectivity index (χ1) is 9.31. The van der Waals surface area contributed by atoms with Crippen LogP contribution < -0.4 is 9.47 Å². The van der Waals surface area contributed by atoms with Crippen LogP contribution in [0.5, 0.6) is 11.5 Å². The van der Waals surface area contributed by atoms with E-state index in [0.29, 0.717) is 6.79 Å². The first kappa shape index (κ1) is 11.2. The molecule has 4 rings (SSSR count). The summed E-state index contributed by atoms with van der Waals surface area (Å²) in [4.78, 5) is 5.80. The van der Waals surface area contributed by atoms with Crippen molar-refractivity contribution in [2.75, 3.05) is 20.4 Å². The summed E-state index contributed by atoms with van der Waals surface area (Å²) in [6, 6.07) is 4.96. The van der Waals surface area contributed by atoms with Gasteiger partial charge in [0.25, 0.3) is 0 Å². The number of aromatic amines is 1. The average molecular weight is 258 g/mol. The van der Waals surface area contributed by atoms with Crippen LogP contribution in [0.15, 0.2) is 18.3 Å². The normalized spacial score (nSPS) is 17.6. The van der Waals surface area contributed by atoms with Gasteiger partial charge in [-0.1, -0.05) is 0 Å². The number of hydrogen-bond donors (Lipinski definition) is 1. The van der Waals surface area contributed by atoms with Gasteiger partial charge in [0.15, 0.2) is 11.5 Å². The third kappa shape index (κ3) is 1.96. The number of likely N-dealkylation sites (N-methyl/N-ethyl adjacent to an activating group) is 1. The fourth-order valence-electron chi connectivity index (χ4n) is 2.77. The summed E-state index contributed by atoms with van der Waals surface area (Å²) in [5.74, 6) is 1.71. The van der Waals surface area contributed by atoms with Crippen LogP contribution in [-0.2, 0) is 6.42 Å². The number of ether oxygens (including phenoxy) is 2. The number of fused-ring (bicyclic) bond motifs is 2. The lowest BCUT2D eigenvalue weighted by atomic mass is 10.1. The molecule has 0 unspecified atom stereocenters. The summed E-state index contributed by atoms with van der Waals surface area (Å²) >= 11 is 0. The van der Waals surface area contributed by atoms with Crippen molar-refractivity contribution in [2.45, 2.75) is 25.3 Å². The lowest BCUT2D eigenvalue weighted by Crippen LogP contribution is -2.23. The molecule has 1 aliphatic heterocycles. The second kappa shape index (κ2) is 4.17. The molecule has 1 aromatic heterocycles. The van der Waals surface area contributed by atoms with E-state index in [9.17, 15) is 0 Å². The number of nitrogens with zero attached hydrogens (tertiary/aromatic N) is 1.